The molecule has 0 heterocycles. The quantitative estimate of drug-likeness (QED) is 0.787. The predicted octanol–water partition coefficient (Wildman–Crippen LogP) is 4.24. The molecule has 0 aliphatic heterocycles. The molecule has 0 aromatic heterocycles. The first-order valence-electron chi connectivity index (χ1n) is 7.23. The summed E-state index contributed by atoms with van der Waals surface area (Å²) < 4.78 is 43.1. The molecule has 24 heavy (non-hydrogen) atoms. The van der Waals surface area contributed by atoms with Gasteiger partial charge >= 0.3 is 6.18 Å². The lowest BCUT2D eigenvalue weighted by Gasteiger charge is -2.12. The second kappa shape index (κ2) is 8.01. The minimum atomic E-state index is -4.33. The topological polar surface area (TPSA) is 33.3 Å². The lowest BCUT2D eigenvalue weighted by atomic mass is 10.1. The first-order valence-corrected chi connectivity index (χ1v) is 7.64. The van der Waals surface area contributed by atoms with Gasteiger partial charge in [-0.15, -0.1) is 0 Å². The van der Waals surface area contributed by atoms with Crippen LogP contribution in [-0.4, -0.2) is 18.8 Å². The fourth-order valence-corrected chi connectivity index (χ4v) is 2.32. The van der Waals surface area contributed by atoms with Crippen LogP contribution in [0.25, 0.3) is 0 Å². The van der Waals surface area contributed by atoms with Crippen molar-refractivity contribution >= 4 is 23.0 Å². The zero-order valence-electron chi connectivity index (χ0n) is 13.0. The van der Waals surface area contributed by atoms with Crippen molar-refractivity contribution < 1.29 is 17.9 Å². The molecule has 2 rings (SSSR count). The third-order valence-electron chi connectivity index (χ3n) is 3.28. The standard InChI is InChI=1S/C17H17F3N2OS/c1-23-15-7-3-6-14(11-15)22-16(24)21-9-8-12-4-2-5-13(10-12)17(18,19)20/h2-7,10-11H,8-9H2,1H3,(H2,21,22,24). The maximum Gasteiger partial charge on any atom is 0.416 e. The second-order valence-electron chi connectivity index (χ2n) is 5.06. The molecule has 128 valence electrons. The number of hydrogen-bond donors (Lipinski definition) is 2. The molecule has 0 saturated heterocycles. The van der Waals surface area contributed by atoms with Gasteiger partial charge in [-0.1, -0.05) is 24.3 Å². The van der Waals surface area contributed by atoms with Crippen molar-refractivity contribution in [3.8, 4) is 5.75 Å². The summed E-state index contributed by atoms with van der Waals surface area (Å²) in [7, 11) is 1.57. The van der Waals surface area contributed by atoms with Crippen molar-refractivity contribution in [1.82, 2.24) is 5.32 Å². The average molecular weight is 354 g/mol. The van der Waals surface area contributed by atoms with Gasteiger partial charge in [-0.3, -0.25) is 0 Å². The Kier molecular flexibility index (Phi) is 6.03. The lowest BCUT2D eigenvalue weighted by Crippen LogP contribution is -2.30. The van der Waals surface area contributed by atoms with Gasteiger partial charge in [0.05, 0.1) is 12.7 Å². The second-order valence-corrected chi connectivity index (χ2v) is 5.47. The minimum absolute atomic E-state index is 0.398. The van der Waals surface area contributed by atoms with Crippen LogP contribution >= 0.6 is 12.2 Å². The zero-order valence-corrected chi connectivity index (χ0v) is 13.8. The van der Waals surface area contributed by atoms with E-state index in [1.54, 1.807) is 19.2 Å². The van der Waals surface area contributed by atoms with Gasteiger partial charge in [0.25, 0.3) is 0 Å². The Morgan fingerprint density at radius 1 is 1.12 bits per heavy atom. The van der Waals surface area contributed by atoms with E-state index in [1.807, 2.05) is 18.2 Å². The number of benzene rings is 2. The molecule has 2 aromatic rings. The van der Waals surface area contributed by atoms with E-state index in [1.165, 1.54) is 6.07 Å². The van der Waals surface area contributed by atoms with Gasteiger partial charge in [0.1, 0.15) is 5.75 Å². The summed E-state index contributed by atoms with van der Waals surface area (Å²) in [6.45, 7) is 0.428. The number of ether oxygens (including phenoxy) is 1. The molecule has 0 fully saturated rings. The molecular weight excluding hydrogens is 337 g/mol. The molecule has 0 aliphatic rings. The van der Waals surface area contributed by atoms with Crippen molar-refractivity contribution in [1.29, 1.82) is 0 Å². The van der Waals surface area contributed by atoms with Crippen molar-refractivity contribution in [2.24, 2.45) is 0 Å². The van der Waals surface area contributed by atoms with Gasteiger partial charge < -0.3 is 15.4 Å². The molecule has 7 heteroatoms. The van der Waals surface area contributed by atoms with Crippen LogP contribution in [0.4, 0.5) is 18.9 Å². The molecule has 0 saturated carbocycles. The van der Waals surface area contributed by atoms with E-state index >= 15 is 0 Å². The van der Waals surface area contributed by atoms with Gasteiger partial charge in [-0.25, -0.2) is 0 Å². The fourth-order valence-electron chi connectivity index (χ4n) is 2.10. The number of alkyl halides is 3. The van der Waals surface area contributed by atoms with Gasteiger partial charge in [0.2, 0.25) is 0 Å². The maximum absolute atomic E-state index is 12.7. The Balaban J connectivity index is 1.84. The minimum Gasteiger partial charge on any atom is -0.497 e. The van der Waals surface area contributed by atoms with E-state index in [0.29, 0.717) is 29.4 Å². The highest BCUT2D eigenvalue weighted by atomic mass is 32.1. The Morgan fingerprint density at radius 2 is 1.88 bits per heavy atom. The number of rotatable bonds is 5. The van der Waals surface area contributed by atoms with Crippen molar-refractivity contribution in [2.45, 2.75) is 12.6 Å². The van der Waals surface area contributed by atoms with Crippen LogP contribution < -0.4 is 15.4 Å². The summed E-state index contributed by atoms with van der Waals surface area (Å²) in [5.74, 6) is 0.701. The van der Waals surface area contributed by atoms with Gasteiger partial charge in [0.15, 0.2) is 5.11 Å². The van der Waals surface area contributed by atoms with Crippen LogP contribution in [0.5, 0.6) is 5.75 Å². The zero-order chi connectivity index (χ0) is 17.6. The molecule has 0 aliphatic carbocycles. The maximum atomic E-state index is 12.7. The number of nitrogens with one attached hydrogen (secondary N) is 2. The normalized spacial score (nSPS) is 11.0. The Labute approximate surface area is 143 Å². The van der Waals surface area contributed by atoms with Crippen molar-refractivity contribution in [2.75, 3.05) is 19.0 Å². The third kappa shape index (κ3) is 5.42. The molecule has 2 aromatic carbocycles. The molecule has 2 N–H and O–H groups in total. The summed E-state index contributed by atoms with van der Waals surface area (Å²) in [5.41, 5.74) is 0.726. The van der Waals surface area contributed by atoms with Crippen LogP contribution in [-0.2, 0) is 12.6 Å². The fraction of sp³-hybridized carbons (Fsp3) is 0.235. The van der Waals surface area contributed by atoms with E-state index in [0.717, 1.165) is 17.8 Å². The average Bonchev–Trinajstić information content (AvgIpc) is 2.54. The highest BCUT2D eigenvalue weighted by molar-refractivity contribution is 7.80. The van der Waals surface area contributed by atoms with Crippen LogP contribution in [0, 0.1) is 0 Å². The Morgan fingerprint density at radius 3 is 2.58 bits per heavy atom. The molecule has 3 nitrogen and oxygen atoms in total. The monoisotopic (exact) mass is 354 g/mol. The highest BCUT2D eigenvalue weighted by Crippen LogP contribution is 2.29. The number of anilines is 1. The first kappa shape index (κ1) is 18.1. The number of hydrogen-bond acceptors (Lipinski definition) is 2. The molecule has 0 atom stereocenters. The molecule has 0 amide bonds. The summed E-state index contributed by atoms with van der Waals surface area (Å²) in [6, 6.07) is 12.6. The largest absolute Gasteiger partial charge is 0.497 e. The van der Waals surface area contributed by atoms with Gasteiger partial charge in [-0.05, 0) is 42.4 Å². The van der Waals surface area contributed by atoms with E-state index in [9.17, 15) is 13.2 Å². The van der Waals surface area contributed by atoms with Gasteiger partial charge in [-0.2, -0.15) is 13.2 Å². The van der Waals surface area contributed by atoms with E-state index in [4.69, 9.17) is 17.0 Å². The lowest BCUT2D eigenvalue weighted by molar-refractivity contribution is -0.137. The summed E-state index contributed by atoms with van der Waals surface area (Å²) in [4.78, 5) is 0. The first-order chi connectivity index (χ1) is 11.4. The number of thiocarbonyl (C=S) groups is 1. The molecule has 0 spiro atoms. The van der Waals surface area contributed by atoms with Gasteiger partial charge in [0, 0.05) is 18.3 Å². The predicted molar refractivity (Wildman–Crippen MR) is 92.4 cm³/mol. The molecule has 0 radical (unpaired) electrons. The van der Waals surface area contributed by atoms with E-state index in [2.05, 4.69) is 10.6 Å². The number of methoxy groups -OCH3 is 1. The summed E-state index contributed by atoms with van der Waals surface area (Å²) >= 11 is 5.17. The molecule has 0 bridgehead atoms. The van der Waals surface area contributed by atoms with Crippen LogP contribution in [0.1, 0.15) is 11.1 Å². The Hall–Kier alpha value is -2.28. The SMILES string of the molecule is COc1cccc(NC(=S)NCCc2cccc(C(F)(F)F)c2)c1. The van der Waals surface area contributed by atoms with Crippen LogP contribution in [0.2, 0.25) is 0 Å². The van der Waals surface area contributed by atoms with Crippen LogP contribution in [0.3, 0.4) is 0 Å². The van der Waals surface area contributed by atoms with Crippen molar-refractivity contribution in [3.05, 3.63) is 59.7 Å². The van der Waals surface area contributed by atoms with E-state index < -0.39 is 11.7 Å². The smallest absolute Gasteiger partial charge is 0.416 e. The van der Waals surface area contributed by atoms with E-state index in [-0.39, 0.29) is 0 Å². The Bertz CT molecular complexity index is 704. The third-order valence-corrected chi connectivity index (χ3v) is 3.53. The molecule has 0 unspecified atom stereocenters. The highest BCUT2D eigenvalue weighted by Gasteiger charge is 2.30. The summed E-state index contributed by atoms with van der Waals surface area (Å²) in [6.07, 6.45) is -3.89. The van der Waals surface area contributed by atoms with Crippen molar-refractivity contribution in [3.63, 3.8) is 0 Å². The number of halogens is 3. The van der Waals surface area contributed by atoms with Crippen LogP contribution in [0.15, 0.2) is 48.5 Å². The molecular formula is C17H17F3N2OS. The summed E-state index contributed by atoms with van der Waals surface area (Å²) in [5, 5.41) is 6.37.